The molecular formula is C19H20N4O3. The highest BCUT2D eigenvalue weighted by atomic mass is 16.5. The van der Waals surface area contributed by atoms with Crippen molar-refractivity contribution in [3.05, 3.63) is 48.2 Å². The lowest BCUT2D eigenvalue weighted by Gasteiger charge is -2.13. The average molecular weight is 352 g/mol. The number of hydrazone groups is 1. The topological polar surface area (TPSA) is 77.9 Å². The number of nitrogens with one attached hydrogen (secondary N) is 1. The van der Waals surface area contributed by atoms with Gasteiger partial charge in [-0.3, -0.25) is 5.43 Å². The molecule has 0 bridgehead atoms. The van der Waals surface area contributed by atoms with Crippen molar-refractivity contribution < 1.29 is 14.2 Å². The van der Waals surface area contributed by atoms with Crippen molar-refractivity contribution in [2.24, 2.45) is 5.10 Å². The van der Waals surface area contributed by atoms with Crippen LogP contribution in [-0.2, 0) is 6.42 Å². The van der Waals surface area contributed by atoms with Gasteiger partial charge in [-0.2, -0.15) is 10.2 Å². The van der Waals surface area contributed by atoms with Crippen LogP contribution in [0.15, 0.2) is 47.7 Å². The molecule has 26 heavy (non-hydrogen) atoms. The van der Waals surface area contributed by atoms with E-state index in [9.17, 15) is 0 Å². The summed E-state index contributed by atoms with van der Waals surface area (Å²) in [5, 5.41) is 14.3. The number of fused-ring (bicyclic) bond motifs is 1. The van der Waals surface area contributed by atoms with Crippen molar-refractivity contribution in [1.29, 1.82) is 0 Å². The molecule has 0 spiro atoms. The van der Waals surface area contributed by atoms with Crippen LogP contribution in [0, 0.1) is 0 Å². The monoisotopic (exact) mass is 352 g/mol. The number of anilines is 1. The molecule has 1 heterocycles. The summed E-state index contributed by atoms with van der Waals surface area (Å²) in [4.78, 5) is 0. The van der Waals surface area contributed by atoms with E-state index in [-0.39, 0.29) is 0 Å². The first-order valence-corrected chi connectivity index (χ1v) is 8.03. The first kappa shape index (κ1) is 17.5. The van der Waals surface area contributed by atoms with Gasteiger partial charge < -0.3 is 14.2 Å². The molecule has 0 aliphatic carbocycles. The summed E-state index contributed by atoms with van der Waals surface area (Å²) in [5.41, 5.74) is 3.93. The van der Waals surface area contributed by atoms with E-state index in [2.05, 4.69) is 20.7 Å². The summed E-state index contributed by atoms with van der Waals surface area (Å²) >= 11 is 0. The summed E-state index contributed by atoms with van der Waals surface area (Å²) < 4.78 is 16.0. The molecule has 2 aromatic carbocycles. The second kappa shape index (κ2) is 8.15. The fourth-order valence-electron chi connectivity index (χ4n) is 2.62. The number of nitrogens with zero attached hydrogens (tertiary/aromatic N) is 3. The Bertz CT molecular complexity index is 897. The van der Waals surface area contributed by atoms with Crippen LogP contribution < -0.4 is 19.6 Å². The third-order valence-corrected chi connectivity index (χ3v) is 3.88. The van der Waals surface area contributed by atoms with Gasteiger partial charge in [-0.05, 0) is 17.7 Å². The van der Waals surface area contributed by atoms with E-state index in [1.54, 1.807) is 33.7 Å². The number of methoxy groups -OCH3 is 3. The molecule has 3 aromatic rings. The lowest BCUT2D eigenvalue weighted by molar-refractivity contribution is 0.324. The average Bonchev–Trinajstić information content (AvgIpc) is 2.70. The zero-order chi connectivity index (χ0) is 18.4. The van der Waals surface area contributed by atoms with Gasteiger partial charge in [-0.1, -0.05) is 24.3 Å². The van der Waals surface area contributed by atoms with E-state index in [0.29, 0.717) is 29.5 Å². The van der Waals surface area contributed by atoms with Gasteiger partial charge in [0.1, 0.15) is 0 Å². The number of benzene rings is 2. The van der Waals surface area contributed by atoms with Crippen molar-refractivity contribution in [1.82, 2.24) is 10.2 Å². The normalized spacial score (nSPS) is 10.9. The summed E-state index contributed by atoms with van der Waals surface area (Å²) in [5.74, 6) is 2.41. The van der Waals surface area contributed by atoms with Crippen LogP contribution in [0.25, 0.3) is 10.8 Å². The van der Waals surface area contributed by atoms with E-state index < -0.39 is 0 Å². The Kier molecular flexibility index (Phi) is 5.48. The molecule has 0 fully saturated rings. The van der Waals surface area contributed by atoms with Gasteiger partial charge in [0, 0.05) is 23.4 Å². The number of ether oxygens (including phenoxy) is 3. The molecule has 7 nitrogen and oxygen atoms in total. The third-order valence-electron chi connectivity index (χ3n) is 3.88. The minimum Gasteiger partial charge on any atom is -0.493 e. The molecule has 1 aromatic heterocycles. The van der Waals surface area contributed by atoms with Gasteiger partial charge >= 0.3 is 0 Å². The quantitative estimate of drug-likeness (QED) is 0.519. The summed E-state index contributed by atoms with van der Waals surface area (Å²) in [6, 6.07) is 11.7. The van der Waals surface area contributed by atoms with Crippen LogP contribution in [0.1, 0.15) is 5.56 Å². The van der Waals surface area contributed by atoms with E-state index in [0.717, 1.165) is 16.3 Å². The predicted octanol–water partition coefficient (Wildman–Crippen LogP) is 3.30. The maximum atomic E-state index is 5.36. The van der Waals surface area contributed by atoms with Crippen LogP contribution in [0.5, 0.6) is 17.2 Å². The number of hydrogen-bond donors (Lipinski definition) is 1. The molecule has 3 rings (SSSR count). The van der Waals surface area contributed by atoms with Gasteiger partial charge in [-0.15, -0.1) is 5.10 Å². The maximum absolute atomic E-state index is 5.36. The van der Waals surface area contributed by atoms with Crippen LogP contribution in [-0.4, -0.2) is 37.7 Å². The Hall–Kier alpha value is -3.35. The Morgan fingerprint density at radius 2 is 1.77 bits per heavy atom. The summed E-state index contributed by atoms with van der Waals surface area (Å²) in [7, 11) is 4.77. The highest BCUT2D eigenvalue weighted by Crippen LogP contribution is 2.38. The van der Waals surface area contributed by atoms with Crippen molar-refractivity contribution >= 4 is 22.8 Å². The Morgan fingerprint density at radius 1 is 1.04 bits per heavy atom. The first-order chi connectivity index (χ1) is 12.8. The maximum Gasteiger partial charge on any atom is 0.203 e. The van der Waals surface area contributed by atoms with Crippen LogP contribution in [0.4, 0.5) is 5.82 Å². The Labute approximate surface area is 151 Å². The molecule has 134 valence electrons. The van der Waals surface area contributed by atoms with Gasteiger partial charge in [0.2, 0.25) is 5.75 Å². The zero-order valence-corrected chi connectivity index (χ0v) is 14.9. The molecule has 0 saturated carbocycles. The van der Waals surface area contributed by atoms with E-state index in [1.807, 2.05) is 36.4 Å². The Morgan fingerprint density at radius 3 is 2.46 bits per heavy atom. The number of hydrogen-bond acceptors (Lipinski definition) is 7. The van der Waals surface area contributed by atoms with Crippen molar-refractivity contribution in [2.75, 3.05) is 26.8 Å². The van der Waals surface area contributed by atoms with Crippen molar-refractivity contribution in [3.63, 3.8) is 0 Å². The lowest BCUT2D eigenvalue weighted by Crippen LogP contribution is -1.99. The summed E-state index contributed by atoms with van der Waals surface area (Å²) in [6.45, 7) is 0. The van der Waals surface area contributed by atoms with Gasteiger partial charge in [0.15, 0.2) is 17.3 Å². The zero-order valence-electron chi connectivity index (χ0n) is 14.9. The van der Waals surface area contributed by atoms with Crippen molar-refractivity contribution in [3.8, 4) is 17.2 Å². The smallest absolute Gasteiger partial charge is 0.203 e. The molecule has 1 N–H and O–H groups in total. The predicted molar refractivity (Wildman–Crippen MR) is 101 cm³/mol. The SMILES string of the molecule is COc1cc(CC=NNc2nncc3ccccc23)cc(OC)c1OC. The highest BCUT2D eigenvalue weighted by Gasteiger charge is 2.12. The Balaban J connectivity index is 1.74. The molecule has 0 amide bonds. The van der Waals surface area contributed by atoms with E-state index >= 15 is 0 Å². The minimum absolute atomic E-state index is 0.569. The van der Waals surface area contributed by atoms with E-state index in [4.69, 9.17) is 14.2 Å². The molecular weight excluding hydrogens is 332 g/mol. The first-order valence-electron chi connectivity index (χ1n) is 8.03. The molecule has 0 aliphatic heterocycles. The standard InChI is InChI=1S/C19H20N4O3/c1-24-16-10-13(11-17(25-2)18(16)26-3)8-9-20-22-19-15-7-5-4-6-14(15)12-21-23-19/h4-7,9-12H,8H2,1-3H3,(H,22,23). The molecule has 0 saturated heterocycles. The summed E-state index contributed by atoms with van der Waals surface area (Å²) in [6.07, 6.45) is 4.06. The van der Waals surface area contributed by atoms with Gasteiger partial charge in [0.05, 0.1) is 27.5 Å². The second-order valence-corrected chi connectivity index (χ2v) is 5.44. The third kappa shape index (κ3) is 3.66. The fourth-order valence-corrected chi connectivity index (χ4v) is 2.62. The van der Waals surface area contributed by atoms with Crippen LogP contribution in [0.3, 0.4) is 0 Å². The molecule has 0 radical (unpaired) electrons. The molecule has 0 atom stereocenters. The van der Waals surface area contributed by atoms with E-state index in [1.165, 1.54) is 0 Å². The molecule has 0 aliphatic rings. The van der Waals surface area contributed by atoms with Crippen LogP contribution in [0.2, 0.25) is 0 Å². The molecule has 7 heteroatoms. The second-order valence-electron chi connectivity index (χ2n) is 5.44. The minimum atomic E-state index is 0.569. The van der Waals surface area contributed by atoms with Crippen LogP contribution >= 0.6 is 0 Å². The van der Waals surface area contributed by atoms with Gasteiger partial charge in [0.25, 0.3) is 0 Å². The van der Waals surface area contributed by atoms with Crippen molar-refractivity contribution in [2.45, 2.75) is 6.42 Å². The van der Waals surface area contributed by atoms with Gasteiger partial charge in [-0.25, -0.2) is 0 Å². The fraction of sp³-hybridized carbons (Fsp3) is 0.211. The highest BCUT2D eigenvalue weighted by molar-refractivity contribution is 5.90. The molecule has 0 unspecified atom stereocenters. The number of rotatable bonds is 7. The largest absolute Gasteiger partial charge is 0.493 e. The number of aromatic nitrogens is 2. The lowest BCUT2D eigenvalue weighted by atomic mass is 10.1.